The number of rotatable bonds is 20. The van der Waals surface area contributed by atoms with Crippen molar-refractivity contribution in [2.45, 2.75) is 303 Å². The van der Waals surface area contributed by atoms with E-state index in [0.717, 1.165) is 18.4 Å². The molecule has 0 aromatic heterocycles. The number of hydrogen-bond acceptors (Lipinski definition) is 31. The zero-order valence-electron chi connectivity index (χ0n) is 55.2. The van der Waals surface area contributed by atoms with Crippen LogP contribution in [-0.4, -0.2) is 327 Å². The van der Waals surface area contributed by atoms with Crippen LogP contribution in [0.25, 0.3) is 0 Å². The molecule has 550 valence electrons. The molecule has 6 saturated heterocycles. The molecule has 38 atom stereocenters. The minimum absolute atomic E-state index is 0.0418. The van der Waals surface area contributed by atoms with Gasteiger partial charge in [-0.1, -0.05) is 46.3 Å². The third-order valence-corrected chi connectivity index (χ3v) is 24.3. The molecule has 0 bridgehead atoms. The highest BCUT2D eigenvalue weighted by Crippen LogP contribution is 2.76. The van der Waals surface area contributed by atoms with Gasteiger partial charge in [-0.25, -0.2) is 0 Å². The van der Waals surface area contributed by atoms with Gasteiger partial charge in [0.15, 0.2) is 37.7 Å². The zero-order valence-corrected chi connectivity index (χ0v) is 55.2. The van der Waals surface area contributed by atoms with Gasteiger partial charge in [0, 0.05) is 0 Å². The van der Waals surface area contributed by atoms with E-state index in [0.29, 0.717) is 44.9 Å². The molecule has 0 radical (unpaired) electrons. The lowest BCUT2D eigenvalue weighted by Gasteiger charge is -2.71. The van der Waals surface area contributed by atoms with Gasteiger partial charge in [-0.2, -0.15) is 0 Å². The summed E-state index contributed by atoms with van der Waals surface area (Å²) < 4.78 is 72.5. The van der Waals surface area contributed by atoms with Crippen LogP contribution in [0.4, 0.5) is 0 Å². The van der Waals surface area contributed by atoms with E-state index in [1.807, 2.05) is 20.8 Å². The Kier molecular flexibility index (Phi) is 23.8. The Labute approximate surface area is 551 Å². The standard InChI is InChI=1S/C64H108O31/c1-25(2)10-9-14-64(8,95-57-51(83)45(77)43(75)33(91-57)24-87-55-50(82)44(76)42(74)32(90-55)23-86-54-48(80)38(70)28(68)21-84-54)26-11-16-63(7)37(26)27(67)18-35-61(5)15-13-36(60(3,4)34(61)12-17-62(35,63)6)92-58-52(46(78)40(72)30(19-65)88-58)94-59-53(47(79)41(73)31(20-66)89-59)93-56-49(81)39(71)29(69)22-85-56/h10,26-59,65-83H,9,11-24H2,1-8H3/t26-,27+,28+,29+,30+,31+,32+,33+,34+,35-,36-,37-,38-,39-,40+,41+,42+,43+,44-,45-,46-,47-,48+,49+,50+,51+,52+,53+,54-,55+,56-,57-,58-,59-,61-,62+,63+,64-/m0/s1. The molecule has 95 heavy (non-hydrogen) atoms. The van der Waals surface area contributed by atoms with Crippen molar-refractivity contribution in [2.24, 2.45) is 45.3 Å². The number of fused-ring (bicyclic) bond motifs is 5. The molecule has 10 rings (SSSR count). The number of ether oxygens (including phenoxy) is 12. The van der Waals surface area contributed by atoms with Gasteiger partial charge in [0.05, 0.1) is 57.5 Å². The van der Waals surface area contributed by atoms with Gasteiger partial charge < -0.3 is 154 Å². The van der Waals surface area contributed by atoms with E-state index in [9.17, 15) is 97.0 Å². The fraction of sp³-hybridized carbons (Fsp3) is 0.969. The molecule has 6 heterocycles. The van der Waals surface area contributed by atoms with E-state index >= 15 is 0 Å². The largest absolute Gasteiger partial charge is 0.394 e. The molecule has 0 spiro atoms. The fourth-order valence-corrected chi connectivity index (χ4v) is 18.5. The van der Waals surface area contributed by atoms with E-state index in [2.05, 4.69) is 40.7 Å². The summed E-state index contributed by atoms with van der Waals surface area (Å²) in [5.74, 6) is -0.795. The molecule has 0 amide bonds. The molecular formula is C64H108O31. The smallest absolute Gasteiger partial charge is 0.187 e. The first-order valence-corrected chi connectivity index (χ1v) is 33.7. The second-order valence-corrected chi connectivity index (χ2v) is 30.5. The van der Waals surface area contributed by atoms with E-state index in [1.165, 1.54) is 0 Å². The molecule has 19 N–H and O–H groups in total. The summed E-state index contributed by atoms with van der Waals surface area (Å²) in [5, 5.41) is 208. The van der Waals surface area contributed by atoms with Gasteiger partial charge in [-0.15, -0.1) is 0 Å². The third-order valence-electron chi connectivity index (χ3n) is 24.3. The molecular weight excluding hydrogens is 1260 g/mol. The van der Waals surface area contributed by atoms with Crippen LogP contribution in [0.3, 0.4) is 0 Å². The van der Waals surface area contributed by atoms with E-state index < -0.39 is 239 Å². The minimum Gasteiger partial charge on any atom is -0.394 e. The average molecular weight is 1370 g/mol. The van der Waals surface area contributed by atoms with Crippen LogP contribution >= 0.6 is 0 Å². The Bertz CT molecular complexity index is 2540. The second-order valence-electron chi connectivity index (χ2n) is 30.5. The van der Waals surface area contributed by atoms with E-state index in [4.69, 9.17) is 56.8 Å². The van der Waals surface area contributed by atoms with Crippen molar-refractivity contribution in [1.82, 2.24) is 0 Å². The Morgan fingerprint density at radius 3 is 1.48 bits per heavy atom. The Morgan fingerprint density at radius 1 is 0.463 bits per heavy atom. The SMILES string of the molecule is CC(C)=CCC[C@](C)(O[C@@H]1O[C@H](CO[C@@H]2O[C@H](CO[C@@H]3OC[C@@H](O)[C@H](O)[C@H]3O)[C@@H](O)[C@H](O)[C@H]2O)[C@@H](O)[C@H](O)[C@H]1O)[C@H]1CC[C@]2(C)[C@@H]1[C@H](O)C[C@H]1[C@@]3(C)CC[C@H](O[C@@H]4O[C@H](CO)[C@@H](O)[C@H](O)[C@H]4O[C@@H]4O[C@H](CO)[C@@H](O)[C@H](O)[C@H]4O[C@@H]4OC[C@@H](O)[C@H](O)[C@H]4O)C(C)(C)[C@H]3CC[C@]12C. The summed E-state index contributed by atoms with van der Waals surface area (Å²) in [6, 6.07) is 0. The quantitative estimate of drug-likeness (QED) is 0.0400. The number of aliphatic hydroxyl groups is 19. The normalized spacial score (nSPS) is 53.2. The maximum atomic E-state index is 13.0. The van der Waals surface area contributed by atoms with Crippen LogP contribution in [0.2, 0.25) is 0 Å². The van der Waals surface area contributed by atoms with Crippen LogP contribution in [0, 0.1) is 45.3 Å². The molecule has 10 fully saturated rings. The number of aliphatic hydroxyl groups excluding tert-OH is 19. The maximum Gasteiger partial charge on any atom is 0.187 e. The average Bonchev–Trinajstić information content (AvgIpc) is 1.66. The molecule has 4 aliphatic carbocycles. The molecule has 0 unspecified atom stereocenters. The van der Waals surface area contributed by atoms with E-state index in [1.54, 1.807) is 0 Å². The van der Waals surface area contributed by atoms with Gasteiger partial charge in [-0.05, 0) is 124 Å². The molecule has 31 heteroatoms. The van der Waals surface area contributed by atoms with Crippen molar-refractivity contribution < 1.29 is 154 Å². The molecule has 31 nitrogen and oxygen atoms in total. The zero-order chi connectivity index (χ0) is 69.5. The maximum absolute atomic E-state index is 13.0. The summed E-state index contributed by atoms with van der Waals surface area (Å²) in [5.41, 5.74) is -2.07. The lowest BCUT2D eigenvalue weighted by molar-refractivity contribution is -0.395. The van der Waals surface area contributed by atoms with Gasteiger partial charge >= 0.3 is 0 Å². The first-order chi connectivity index (χ1) is 44.6. The minimum atomic E-state index is -1.90. The summed E-state index contributed by atoms with van der Waals surface area (Å²) in [7, 11) is 0. The first kappa shape index (κ1) is 76.1. The predicted molar refractivity (Wildman–Crippen MR) is 319 cm³/mol. The Morgan fingerprint density at radius 2 is 0.926 bits per heavy atom. The van der Waals surface area contributed by atoms with Gasteiger partial charge in [0.25, 0.3) is 0 Å². The Balaban J connectivity index is 0.842. The molecule has 4 saturated carbocycles. The number of allylic oxidation sites excluding steroid dienone is 2. The van der Waals surface area contributed by atoms with Crippen LogP contribution in [0.1, 0.15) is 113 Å². The molecule has 10 aliphatic rings. The number of hydrogen-bond donors (Lipinski definition) is 19. The summed E-state index contributed by atoms with van der Waals surface area (Å²) in [6.07, 6.45) is -41.1. The highest BCUT2D eigenvalue weighted by atomic mass is 16.8. The van der Waals surface area contributed by atoms with Crippen LogP contribution < -0.4 is 0 Å². The highest BCUT2D eigenvalue weighted by Gasteiger charge is 2.72. The topological polar surface area (TPSA) is 495 Å². The third kappa shape index (κ3) is 14.1. The molecule has 6 aliphatic heterocycles. The fourth-order valence-electron chi connectivity index (χ4n) is 18.5. The van der Waals surface area contributed by atoms with Crippen LogP contribution in [-0.2, 0) is 56.8 Å². The van der Waals surface area contributed by atoms with Crippen LogP contribution in [0.5, 0.6) is 0 Å². The Hall–Kier alpha value is -1.50. The van der Waals surface area contributed by atoms with E-state index in [-0.39, 0.29) is 35.7 Å². The van der Waals surface area contributed by atoms with Gasteiger partial charge in [0.2, 0.25) is 0 Å². The monoisotopic (exact) mass is 1370 g/mol. The van der Waals surface area contributed by atoms with Crippen molar-refractivity contribution in [3.8, 4) is 0 Å². The second kappa shape index (κ2) is 29.7. The first-order valence-electron chi connectivity index (χ1n) is 33.7. The van der Waals surface area contributed by atoms with Crippen LogP contribution in [0.15, 0.2) is 11.6 Å². The lowest BCUT2D eigenvalue weighted by Crippen LogP contribution is -2.68. The van der Waals surface area contributed by atoms with Crippen molar-refractivity contribution in [3.05, 3.63) is 11.6 Å². The summed E-state index contributed by atoms with van der Waals surface area (Å²) in [6.45, 7) is 13.3. The lowest BCUT2D eigenvalue weighted by atomic mass is 9.35. The van der Waals surface area contributed by atoms with Gasteiger partial charge in [-0.3, -0.25) is 0 Å². The summed E-state index contributed by atoms with van der Waals surface area (Å²) in [4.78, 5) is 0. The molecule has 0 aromatic carbocycles. The van der Waals surface area contributed by atoms with Crippen molar-refractivity contribution in [3.63, 3.8) is 0 Å². The highest BCUT2D eigenvalue weighted by molar-refractivity contribution is 5.21. The van der Waals surface area contributed by atoms with Crippen molar-refractivity contribution >= 4 is 0 Å². The molecule has 0 aromatic rings. The van der Waals surface area contributed by atoms with Crippen molar-refractivity contribution in [2.75, 3.05) is 39.6 Å². The van der Waals surface area contributed by atoms with Gasteiger partial charge in [0.1, 0.15) is 134 Å². The predicted octanol–water partition coefficient (Wildman–Crippen LogP) is -5.28. The summed E-state index contributed by atoms with van der Waals surface area (Å²) >= 11 is 0. The van der Waals surface area contributed by atoms with Crippen molar-refractivity contribution in [1.29, 1.82) is 0 Å².